The molecule has 2 rings (SSSR count). The lowest BCUT2D eigenvalue weighted by molar-refractivity contribution is 0.636. The van der Waals surface area contributed by atoms with Crippen molar-refractivity contribution in [1.82, 2.24) is 5.32 Å². The number of rotatable bonds is 4. The van der Waals surface area contributed by atoms with Crippen LogP contribution in [-0.4, -0.2) is 6.54 Å². The van der Waals surface area contributed by atoms with Crippen LogP contribution in [0.25, 0.3) is 0 Å². The average molecular weight is 359 g/mol. The highest BCUT2D eigenvalue weighted by molar-refractivity contribution is 9.10. The van der Waals surface area contributed by atoms with Crippen LogP contribution in [0.1, 0.15) is 33.8 Å². The van der Waals surface area contributed by atoms with Crippen LogP contribution in [0.15, 0.2) is 28.7 Å². The van der Waals surface area contributed by atoms with Gasteiger partial charge in [-0.3, -0.25) is 0 Å². The van der Waals surface area contributed by atoms with Gasteiger partial charge < -0.3 is 5.32 Å². The minimum absolute atomic E-state index is 0.207. The minimum atomic E-state index is 0.207. The number of hydrogen-bond donors (Lipinski definition) is 1. The molecule has 1 atom stereocenters. The number of halogens is 2. The molecule has 0 saturated heterocycles. The fourth-order valence-corrected chi connectivity index (χ4v) is 3.97. The first kappa shape index (κ1) is 15.0. The van der Waals surface area contributed by atoms with Crippen LogP contribution in [0, 0.1) is 13.8 Å². The summed E-state index contributed by atoms with van der Waals surface area (Å²) in [5, 5.41) is 4.38. The van der Waals surface area contributed by atoms with Crippen LogP contribution in [0.5, 0.6) is 0 Å². The molecular weight excluding hydrogens is 342 g/mol. The summed E-state index contributed by atoms with van der Waals surface area (Å²) in [4.78, 5) is 2.62. The lowest BCUT2D eigenvalue weighted by atomic mass is 10.00. The van der Waals surface area contributed by atoms with Crippen LogP contribution in [0.4, 0.5) is 0 Å². The molecule has 0 aliphatic rings. The van der Waals surface area contributed by atoms with Crippen LogP contribution in [-0.2, 0) is 0 Å². The Balaban J connectivity index is 2.48. The Morgan fingerprint density at radius 1 is 1.37 bits per heavy atom. The molecule has 2 aromatic rings. The molecule has 1 nitrogen and oxygen atoms in total. The second-order valence-corrected chi connectivity index (χ2v) is 7.05. The fourth-order valence-electron chi connectivity index (χ4n) is 2.13. The quantitative estimate of drug-likeness (QED) is 0.763. The Morgan fingerprint density at radius 3 is 2.68 bits per heavy atom. The largest absolute Gasteiger partial charge is 0.306 e. The fraction of sp³-hybridized carbons (Fsp3) is 0.333. The molecule has 0 aliphatic heterocycles. The maximum atomic E-state index is 6.25. The number of thiophene rings is 1. The van der Waals surface area contributed by atoms with Crippen molar-refractivity contribution >= 4 is 38.9 Å². The van der Waals surface area contributed by atoms with Crippen LogP contribution < -0.4 is 5.32 Å². The van der Waals surface area contributed by atoms with Crippen molar-refractivity contribution in [2.45, 2.75) is 26.8 Å². The van der Waals surface area contributed by atoms with Crippen molar-refractivity contribution in [1.29, 1.82) is 0 Å². The molecule has 0 fully saturated rings. The standard InChI is InChI=1S/C15H17BrClNS/c1-4-18-15(14-8-12(16)10(3)19-14)11-6-5-7-13(17)9(11)2/h5-8,15,18H,4H2,1-3H3. The third-order valence-electron chi connectivity index (χ3n) is 3.19. The van der Waals surface area contributed by atoms with Gasteiger partial charge in [0.15, 0.2) is 0 Å². The molecule has 102 valence electrons. The number of nitrogens with one attached hydrogen (secondary N) is 1. The molecule has 1 unspecified atom stereocenters. The maximum Gasteiger partial charge on any atom is 0.0674 e. The molecule has 4 heteroatoms. The first-order valence-corrected chi connectivity index (χ1v) is 8.27. The van der Waals surface area contributed by atoms with Crippen molar-refractivity contribution in [3.63, 3.8) is 0 Å². The second kappa shape index (κ2) is 6.40. The second-order valence-electron chi connectivity index (χ2n) is 4.50. The summed E-state index contributed by atoms with van der Waals surface area (Å²) in [5.41, 5.74) is 2.40. The topological polar surface area (TPSA) is 12.0 Å². The van der Waals surface area contributed by atoms with E-state index in [1.54, 1.807) is 0 Å². The Kier molecular flexibility index (Phi) is 5.07. The molecule has 0 bridgehead atoms. The van der Waals surface area contributed by atoms with Gasteiger partial charge in [0.05, 0.1) is 6.04 Å². The molecule has 19 heavy (non-hydrogen) atoms. The van der Waals surface area contributed by atoms with Gasteiger partial charge in [0.2, 0.25) is 0 Å². The molecule has 0 aliphatic carbocycles. The van der Waals surface area contributed by atoms with E-state index in [9.17, 15) is 0 Å². The van der Waals surface area contributed by atoms with Gasteiger partial charge in [0.1, 0.15) is 0 Å². The molecule has 1 aromatic carbocycles. The molecule has 0 saturated carbocycles. The highest BCUT2D eigenvalue weighted by Crippen LogP contribution is 2.35. The Labute approximate surface area is 132 Å². The van der Waals surface area contributed by atoms with E-state index in [-0.39, 0.29) is 6.04 Å². The summed E-state index contributed by atoms with van der Waals surface area (Å²) in [6.45, 7) is 7.26. The van der Waals surface area contributed by atoms with Gasteiger partial charge in [-0.15, -0.1) is 11.3 Å². The lowest BCUT2D eigenvalue weighted by Gasteiger charge is -2.19. The molecule has 0 amide bonds. The molecule has 0 spiro atoms. The Morgan fingerprint density at radius 2 is 2.11 bits per heavy atom. The van der Waals surface area contributed by atoms with Gasteiger partial charge in [-0.1, -0.05) is 30.7 Å². The normalized spacial score (nSPS) is 12.7. The first-order chi connectivity index (χ1) is 9.04. The SMILES string of the molecule is CCNC(c1cc(Br)c(C)s1)c1cccc(Cl)c1C. The van der Waals surface area contributed by atoms with Gasteiger partial charge in [-0.2, -0.15) is 0 Å². The summed E-state index contributed by atoms with van der Waals surface area (Å²) in [6.07, 6.45) is 0. The number of benzene rings is 1. The van der Waals surface area contributed by atoms with E-state index in [1.807, 2.05) is 23.5 Å². The highest BCUT2D eigenvalue weighted by atomic mass is 79.9. The van der Waals surface area contributed by atoms with E-state index in [0.29, 0.717) is 0 Å². The van der Waals surface area contributed by atoms with Gasteiger partial charge in [-0.05, 0) is 59.6 Å². The van der Waals surface area contributed by atoms with Crippen LogP contribution in [0.2, 0.25) is 5.02 Å². The predicted octanol–water partition coefficient (Wildman–Crippen LogP) is 5.48. The molecule has 1 N–H and O–H groups in total. The monoisotopic (exact) mass is 357 g/mol. The zero-order valence-corrected chi connectivity index (χ0v) is 14.4. The van der Waals surface area contributed by atoms with Gasteiger partial charge in [0.25, 0.3) is 0 Å². The highest BCUT2D eigenvalue weighted by Gasteiger charge is 2.19. The summed E-state index contributed by atoms with van der Waals surface area (Å²) >= 11 is 11.7. The third-order valence-corrected chi connectivity index (χ3v) is 5.80. The van der Waals surface area contributed by atoms with E-state index in [0.717, 1.165) is 17.1 Å². The van der Waals surface area contributed by atoms with Crippen LogP contribution >= 0.6 is 38.9 Å². The van der Waals surface area contributed by atoms with E-state index >= 15 is 0 Å². The van der Waals surface area contributed by atoms with Gasteiger partial charge in [-0.25, -0.2) is 0 Å². The zero-order chi connectivity index (χ0) is 14.0. The Hall–Kier alpha value is -0.350. The van der Waals surface area contributed by atoms with Crippen LogP contribution in [0.3, 0.4) is 0 Å². The van der Waals surface area contributed by atoms with E-state index in [2.05, 4.69) is 54.2 Å². The first-order valence-electron chi connectivity index (χ1n) is 6.28. The van der Waals surface area contributed by atoms with Crippen molar-refractivity contribution in [3.05, 3.63) is 54.6 Å². The van der Waals surface area contributed by atoms with Crippen molar-refractivity contribution in [2.24, 2.45) is 0 Å². The third kappa shape index (κ3) is 3.22. The van der Waals surface area contributed by atoms with Gasteiger partial charge >= 0.3 is 0 Å². The van der Waals surface area contributed by atoms with Crippen molar-refractivity contribution < 1.29 is 0 Å². The summed E-state index contributed by atoms with van der Waals surface area (Å²) < 4.78 is 1.18. The summed E-state index contributed by atoms with van der Waals surface area (Å²) in [7, 11) is 0. The molecular formula is C15H17BrClNS. The summed E-state index contributed by atoms with van der Waals surface area (Å²) in [5.74, 6) is 0. The Bertz CT molecular complexity index is 560. The smallest absolute Gasteiger partial charge is 0.0674 e. The maximum absolute atomic E-state index is 6.25. The molecule has 0 radical (unpaired) electrons. The number of hydrogen-bond acceptors (Lipinski definition) is 2. The van der Waals surface area contributed by atoms with Gasteiger partial charge in [0, 0.05) is 19.2 Å². The summed E-state index contributed by atoms with van der Waals surface area (Å²) in [6, 6.07) is 8.52. The van der Waals surface area contributed by atoms with Crippen molar-refractivity contribution in [2.75, 3.05) is 6.54 Å². The average Bonchev–Trinajstić information content (AvgIpc) is 2.70. The van der Waals surface area contributed by atoms with E-state index < -0.39 is 0 Å². The minimum Gasteiger partial charge on any atom is -0.306 e. The molecule has 1 aromatic heterocycles. The predicted molar refractivity (Wildman–Crippen MR) is 88.5 cm³/mol. The molecule has 1 heterocycles. The van der Waals surface area contributed by atoms with E-state index in [1.165, 1.54) is 19.8 Å². The van der Waals surface area contributed by atoms with Crippen molar-refractivity contribution in [3.8, 4) is 0 Å². The van der Waals surface area contributed by atoms with E-state index in [4.69, 9.17) is 11.6 Å². The number of aryl methyl sites for hydroxylation is 1. The zero-order valence-electron chi connectivity index (χ0n) is 11.3. The lowest BCUT2D eigenvalue weighted by Crippen LogP contribution is -2.22.